The molecule has 0 saturated heterocycles. The molecule has 0 aliphatic heterocycles. The van der Waals surface area contributed by atoms with E-state index in [1.807, 2.05) is 7.05 Å². The minimum atomic E-state index is -0.160. The maximum absolute atomic E-state index is 11.3. The first-order valence-corrected chi connectivity index (χ1v) is 4.10. The van der Waals surface area contributed by atoms with Gasteiger partial charge in [-0.1, -0.05) is 6.07 Å². The number of aromatic nitrogens is 1. The van der Waals surface area contributed by atoms with Crippen molar-refractivity contribution in [3.8, 4) is 0 Å². The summed E-state index contributed by atoms with van der Waals surface area (Å²) in [5, 5.41) is 5.65. The summed E-state index contributed by atoms with van der Waals surface area (Å²) in [7, 11) is 1.83. The molecule has 4 nitrogen and oxygen atoms in total. The van der Waals surface area contributed by atoms with Gasteiger partial charge >= 0.3 is 0 Å². The molecular formula is C9H12N3O. The number of carbonyl (C=O) groups excluding carboxylic acids is 1. The molecule has 0 aliphatic rings. The van der Waals surface area contributed by atoms with Gasteiger partial charge in [0, 0.05) is 13.1 Å². The van der Waals surface area contributed by atoms with Crippen LogP contribution in [0, 0.1) is 6.20 Å². The average Bonchev–Trinajstić information content (AvgIpc) is 2.19. The summed E-state index contributed by atoms with van der Waals surface area (Å²) >= 11 is 0. The number of hydrogen-bond acceptors (Lipinski definition) is 3. The third-order valence-electron chi connectivity index (χ3n) is 1.50. The van der Waals surface area contributed by atoms with Crippen molar-refractivity contribution in [2.45, 2.75) is 0 Å². The minimum Gasteiger partial charge on any atom is -0.349 e. The highest BCUT2D eigenvalue weighted by Gasteiger charge is 2.03. The molecule has 1 aromatic heterocycles. The SMILES string of the molecule is CNCCNC(=O)c1ccc[c]n1. The van der Waals surface area contributed by atoms with Crippen molar-refractivity contribution in [3.63, 3.8) is 0 Å². The van der Waals surface area contributed by atoms with E-state index in [1.54, 1.807) is 18.2 Å². The number of carbonyl (C=O) groups is 1. The van der Waals surface area contributed by atoms with Gasteiger partial charge in [-0.3, -0.25) is 4.79 Å². The van der Waals surface area contributed by atoms with Crippen LogP contribution in [0.25, 0.3) is 0 Å². The van der Waals surface area contributed by atoms with Crippen LogP contribution in [0.15, 0.2) is 18.2 Å². The number of nitrogens with one attached hydrogen (secondary N) is 2. The summed E-state index contributed by atoms with van der Waals surface area (Å²) in [4.78, 5) is 15.1. The lowest BCUT2D eigenvalue weighted by Crippen LogP contribution is -2.30. The molecule has 13 heavy (non-hydrogen) atoms. The highest BCUT2D eigenvalue weighted by Crippen LogP contribution is 1.91. The van der Waals surface area contributed by atoms with Gasteiger partial charge in [-0.15, -0.1) is 0 Å². The number of amides is 1. The molecule has 1 amide bonds. The standard InChI is InChI=1S/C9H12N3O/c1-10-6-7-12-9(13)8-4-2-3-5-11-8/h2-4,10H,6-7H2,1H3,(H,12,13). The maximum Gasteiger partial charge on any atom is 0.269 e. The van der Waals surface area contributed by atoms with Gasteiger partial charge in [-0.05, 0) is 19.2 Å². The Morgan fingerprint density at radius 3 is 3.08 bits per heavy atom. The lowest BCUT2D eigenvalue weighted by molar-refractivity contribution is 0.0949. The molecule has 4 heteroatoms. The summed E-state index contributed by atoms with van der Waals surface area (Å²) in [6.45, 7) is 1.36. The molecule has 0 unspecified atom stereocenters. The molecule has 1 heterocycles. The Morgan fingerprint density at radius 1 is 1.62 bits per heavy atom. The first kappa shape index (κ1) is 9.67. The molecule has 0 spiro atoms. The molecule has 1 rings (SSSR count). The smallest absolute Gasteiger partial charge is 0.269 e. The minimum absolute atomic E-state index is 0.160. The van der Waals surface area contributed by atoms with Crippen LogP contribution >= 0.6 is 0 Å². The predicted octanol–water partition coefficient (Wildman–Crippen LogP) is -0.169. The third kappa shape index (κ3) is 3.21. The van der Waals surface area contributed by atoms with E-state index in [2.05, 4.69) is 21.8 Å². The van der Waals surface area contributed by atoms with Crippen LogP contribution in [-0.4, -0.2) is 31.0 Å². The van der Waals surface area contributed by atoms with Crippen LogP contribution in [0.3, 0.4) is 0 Å². The maximum atomic E-state index is 11.3. The summed E-state index contributed by atoms with van der Waals surface area (Å²) in [6, 6.07) is 5.05. The van der Waals surface area contributed by atoms with E-state index in [0.29, 0.717) is 12.2 Å². The first-order valence-electron chi connectivity index (χ1n) is 4.10. The van der Waals surface area contributed by atoms with Crippen LogP contribution < -0.4 is 10.6 Å². The van der Waals surface area contributed by atoms with E-state index in [9.17, 15) is 4.79 Å². The van der Waals surface area contributed by atoms with E-state index >= 15 is 0 Å². The van der Waals surface area contributed by atoms with Crippen molar-refractivity contribution < 1.29 is 4.79 Å². The van der Waals surface area contributed by atoms with Crippen LogP contribution in [0.5, 0.6) is 0 Å². The van der Waals surface area contributed by atoms with Gasteiger partial charge in [-0.25, -0.2) is 4.98 Å². The fourth-order valence-corrected chi connectivity index (χ4v) is 0.844. The Labute approximate surface area is 77.4 Å². The lowest BCUT2D eigenvalue weighted by atomic mass is 10.3. The van der Waals surface area contributed by atoms with Gasteiger partial charge < -0.3 is 10.6 Å². The van der Waals surface area contributed by atoms with Gasteiger partial charge in [-0.2, -0.15) is 0 Å². The zero-order chi connectivity index (χ0) is 9.52. The summed E-state index contributed by atoms with van der Waals surface area (Å²) in [6.07, 6.45) is 2.61. The largest absolute Gasteiger partial charge is 0.349 e. The van der Waals surface area contributed by atoms with Crippen molar-refractivity contribution in [2.75, 3.05) is 20.1 Å². The molecule has 0 atom stereocenters. The van der Waals surface area contributed by atoms with Crippen LogP contribution in [0.1, 0.15) is 10.5 Å². The number of rotatable bonds is 4. The van der Waals surface area contributed by atoms with E-state index in [-0.39, 0.29) is 5.91 Å². The van der Waals surface area contributed by atoms with Crippen molar-refractivity contribution in [1.29, 1.82) is 0 Å². The highest BCUT2D eigenvalue weighted by atomic mass is 16.1. The van der Waals surface area contributed by atoms with Crippen molar-refractivity contribution in [3.05, 3.63) is 30.1 Å². The van der Waals surface area contributed by atoms with Gasteiger partial charge in [0.05, 0.1) is 6.20 Å². The molecule has 2 N–H and O–H groups in total. The highest BCUT2D eigenvalue weighted by molar-refractivity contribution is 5.92. The van der Waals surface area contributed by atoms with Crippen LogP contribution in [-0.2, 0) is 0 Å². The van der Waals surface area contributed by atoms with Crippen LogP contribution in [0.4, 0.5) is 0 Å². The Kier molecular flexibility index (Phi) is 3.92. The van der Waals surface area contributed by atoms with E-state index < -0.39 is 0 Å². The molecule has 0 bridgehead atoms. The quantitative estimate of drug-likeness (QED) is 0.629. The molecule has 0 saturated carbocycles. The van der Waals surface area contributed by atoms with Gasteiger partial charge in [0.25, 0.3) is 5.91 Å². The average molecular weight is 178 g/mol. The zero-order valence-corrected chi connectivity index (χ0v) is 7.50. The monoisotopic (exact) mass is 178 g/mol. The van der Waals surface area contributed by atoms with Crippen LogP contribution in [0.2, 0.25) is 0 Å². The fraction of sp³-hybridized carbons (Fsp3) is 0.333. The zero-order valence-electron chi connectivity index (χ0n) is 7.50. The van der Waals surface area contributed by atoms with Crippen molar-refractivity contribution in [2.24, 2.45) is 0 Å². The van der Waals surface area contributed by atoms with Gasteiger partial charge in [0.2, 0.25) is 0 Å². The van der Waals surface area contributed by atoms with Gasteiger partial charge in [0.1, 0.15) is 5.69 Å². The molecular weight excluding hydrogens is 166 g/mol. The lowest BCUT2D eigenvalue weighted by Gasteiger charge is -2.02. The fourth-order valence-electron chi connectivity index (χ4n) is 0.844. The van der Waals surface area contributed by atoms with E-state index in [0.717, 1.165) is 6.54 Å². The summed E-state index contributed by atoms with van der Waals surface area (Å²) in [5.41, 5.74) is 0.401. The second kappa shape index (κ2) is 5.27. The molecule has 0 aliphatic carbocycles. The Morgan fingerprint density at radius 2 is 2.46 bits per heavy atom. The first-order chi connectivity index (χ1) is 6.34. The Balaban J connectivity index is 2.40. The number of nitrogens with zero attached hydrogens (tertiary/aromatic N) is 1. The molecule has 1 aromatic rings. The third-order valence-corrected chi connectivity index (χ3v) is 1.50. The second-order valence-electron chi connectivity index (χ2n) is 2.51. The normalized spacial score (nSPS) is 9.62. The Bertz CT molecular complexity index is 261. The van der Waals surface area contributed by atoms with Crippen molar-refractivity contribution >= 4 is 5.91 Å². The van der Waals surface area contributed by atoms with Crippen molar-refractivity contribution in [1.82, 2.24) is 15.6 Å². The summed E-state index contributed by atoms with van der Waals surface area (Å²) in [5.74, 6) is -0.160. The number of pyridine rings is 1. The molecule has 69 valence electrons. The van der Waals surface area contributed by atoms with Gasteiger partial charge in [0.15, 0.2) is 0 Å². The topological polar surface area (TPSA) is 54.0 Å². The van der Waals surface area contributed by atoms with E-state index in [4.69, 9.17) is 0 Å². The summed E-state index contributed by atoms with van der Waals surface area (Å²) < 4.78 is 0. The second-order valence-corrected chi connectivity index (χ2v) is 2.51. The Hall–Kier alpha value is -1.42. The van der Waals surface area contributed by atoms with E-state index in [1.165, 1.54) is 0 Å². The predicted molar refractivity (Wildman–Crippen MR) is 49.3 cm³/mol. The molecule has 0 fully saturated rings. The number of hydrogen-bond donors (Lipinski definition) is 2. The molecule has 0 aromatic carbocycles. The number of likely N-dealkylation sites (N-methyl/N-ethyl adjacent to an activating group) is 1. The molecule has 1 radical (unpaired) electrons.